The summed E-state index contributed by atoms with van der Waals surface area (Å²) < 4.78 is 56.2. The van der Waals surface area contributed by atoms with Crippen LogP contribution in [0.2, 0.25) is 0 Å². The van der Waals surface area contributed by atoms with Crippen LogP contribution in [0.15, 0.2) is 77.3 Å². The molecule has 0 aliphatic carbocycles. The van der Waals surface area contributed by atoms with E-state index in [9.17, 15) is 74.9 Å². The Hall–Kier alpha value is -7.52. The second kappa shape index (κ2) is 61.6. The summed E-state index contributed by atoms with van der Waals surface area (Å²) >= 11 is 3.53. The molecule has 31 nitrogen and oxygen atoms in total. The van der Waals surface area contributed by atoms with Gasteiger partial charge in [0.1, 0.15) is 17.1 Å². The van der Waals surface area contributed by atoms with Gasteiger partial charge < -0.3 is 46.4 Å². The van der Waals surface area contributed by atoms with Crippen molar-refractivity contribution in [2.24, 2.45) is 5.73 Å². The number of nitro groups is 1. The quantitative estimate of drug-likeness (QED) is 0.0261. The second-order valence-corrected chi connectivity index (χ2v) is 20.0. The van der Waals surface area contributed by atoms with Gasteiger partial charge in [0, 0.05) is 109 Å². The fourth-order valence-electron chi connectivity index (χ4n) is 3.52. The van der Waals surface area contributed by atoms with Crippen LogP contribution in [-0.4, -0.2) is 179 Å². The zero-order valence-corrected chi connectivity index (χ0v) is 57.7. The third kappa shape index (κ3) is 67.5. The average Bonchev–Trinajstić information content (AvgIpc) is 4.30. The number of carboxylic acids is 1. The number of hydrogen-bond acceptors (Lipinski definition) is 29. The van der Waals surface area contributed by atoms with Gasteiger partial charge in [0.25, 0.3) is 57.2 Å². The number of ketones is 1. The number of Topliss-reactive ketones (excluding diaryl/α,β-unsaturated/α-hetero) is 1. The van der Waals surface area contributed by atoms with Gasteiger partial charge >= 0.3 is 18.3 Å². The number of nitrogens with two attached hydrogens (primary N) is 1. The topological polar surface area (TPSA) is 440 Å². The van der Waals surface area contributed by atoms with Crippen LogP contribution < -0.4 is 10.5 Å². The average molecular weight is 1500 g/mol. The van der Waals surface area contributed by atoms with Crippen LogP contribution in [0.4, 0.5) is 15.3 Å². The number of thiol groups is 1. The number of aldehydes is 1. The number of nitro benzene ring substituents is 1. The number of carbonyl (C=O) groups is 12. The van der Waals surface area contributed by atoms with Gasteiger partial charge in [0.15, 0.2) is 9.84 Å². The van der Waals surface area contributed by atoms with E-state index >= 15 is 0 Å². The van der Waals surface area contributed by atoms with E-state index in [4.69, 9.17) is 14.7 Å². The van der Waals surface area contributed by atoms with Crippen molar-refractivity contribution >= 4 is 132 Å². The summed E-state index contributed by atoms with van der Waals surface area (Å²) in [5, 5.41) is 20.6. The first kappa shape index (κ1) is 98.5. The Kier molecular flexibility index (Phi) is 69.7. The van der Waals surface area contributed by atoms with E-state index in [-0.39, 0.29) is 75.8 Å². The number of hydroxylamine groups is 4. The fourth-order valence-corrected chi connectivity index (χ4v) is 4.74. The third-order valence-corrected chi connectivity index (χ3v) is 9.76. The Bertz CT molecular complexity index is 2690. The number of methoxy groups -OCH3 is 2. The molecule has 3 aliphatic heterocycles. The van der Waals surface area contributed by atoms with Gasteiger partial charge in [0.05, 0.1) is 32.5 Å². The van der Waals surface area contributed by atoms with E-state index in [2.05, 4.69) is 76.8 Å². The summed E-state index contributed by atoms with van der Waals surface area (Å²) in [5.41, 5.74) is 4.95. The Balaban J connectivity index is -0.000000112. The molecule has 492 valence electrons. The number of aromatic nitrogens is 1. The molecule has 37 heteroatoms. The second-order valence-electron chi connectivity index (χ2n) is 13.9. The molecule has 4 heterocycles. The predicted octanol–water partition coefficient (Wildman–Crippen LogP) is 5.19. The fraction of sp³-hybridized carbons (Fsp3) is 0.400. The summed E-state index contributed by atoms with van der Waals surface area (Å²) in [5.74, 6) is 1.61. The first-order valence-electron chi connectivity index (χ1n) is 23.0. The number of likely N-dealkylation sites (N-methyl/N-ethyl adjacent to an activating group) is 1. The van der Waals surface area contributed by atoms with Crippen LogP contribution in [0.1, 0.15) is 74.1 Å². The molecule has 0 radical (unpaired) electrons. The van der Waals surface area contributed by atoms with Crippen molar-refractivity contribution in [2.75, 3.05) is 60.4 Å². The molecule has 87 heavy (non-hydrogen) atoms. The van der Waals surface area contributed by atoms with E-state index in [0.717, 1.165) is 62.2 Å². The van der Waals surface area contributed by atoms with Crippen molar-refractivity contribution in [3.63, 3.8) is 0 Å². The van der Waals surface area contributed by atoms with E-state index in [1.807, 2.05) is 38.3 Å². The van der Waals surface area contributed by atoms with Crippen LogP contribution >= 0.6 is 34.2 Å². The number of aliphatic carboxylic acids is 1. The maximum Gasteiger partial charge on any atom is 0.533 e. The van der Waals surface area contributed by atoms with E-state index in [1.54, 1.807) is 41.0 Å². The van der Waals surface area contributed by atoms with Crippen molar-refractivity contribution in [3.05, 3.63) is 89.3 Å². The van der Waals surface area contributed by atoms with Crippen LogP contribution in [0.3, 0.4) is 0 Å². The zero-order valence-electron chi connectivity index (χ0n) is 50.6. The van der Waals surface area contributed by atoms with E-state index < -0.39 is 72.8 Å². The third-order valence-electron chi connectivity index (χ3n) is 6.95. The molecule has 3 aliphatic rings. The molecule has 0 atom stereocenters. The number of imide groups is 3. The van der Waals surface area contributed by atoms with Crippen LogP contribution in [0.5, 0.6) is 5.75 Å². The van der Waals surface area contributed by atoms with Gasteiger partial charge in [-0.05, 0) is 95.0 Å². The Morgan fingerprint density at radius 3 is 1.39 bits per heavy atom. The maximum absolute atomic E-state index is 10.8. The molecular formula is C50H75N6O25S5W-. The maximum atomic E-state index is 10.8. The van der Waals surface area contributed by atoms with Crippen molar-refractivity contribution in [2.45, 2.75) is 79.2 Å². The van der Waals surface area contributed by atoms with E-state index in [1.165, 1.54) is 65.4 Å². The number of pyridine rings is 1. The molecule has 0 bridgehead atoms. The first-order valence-corrected chi connectivity index (χ1v) is 30.2. The standard InChI is InChI=1S/C8H7NO5.C6H7NO5.C6H7NO4.C6H7NO2.C6H7NS2.C4H6.C3H6O2S.C3H5O.C2H6O3S.C2H4O2.C2H4O.CH5N.CH4S.W/c1-13-8(10)14-7-4-2-6(3-5-7)9(11)12;1-11-6(10)12-7-4(8)2-3-5(7)9;1-4(8)11-7-5(9)2-3-6(7)10;1-4-3-5(8)7(2)6(4)9;1-8-9-6-4-2-3-5-7-6;1-3-4-2;1-3-6(2,4)5;1-3(2)4;1-5-6(2,3)4;1-2(3)4;1-2-3;2*1-2;/h2-5H,1H3;2-3H2,1H3;2-3H2,1H3;3H,1-2H3;2-5H,1H3;1-2H3;3H,1H2,2H3;1H2,2H3;1-2H3;1H3,(H,3,4);2H,1H3;2H2,1H3;2H,1H3;/q;;;;;;;-1;;;;;;. The van der Waals surface area contributed by atoms with Gasteiger partial charge in [-0.3, -0.25) is 57.6 Å². The molecule has 2 saturated heterocycles. The van der Waals surface area contributed by atoms with Crippen molar-refractivity contribution in [1.82, 2.24) is 20.0 Å². The molecule has 0 spiro atoms. The molecule has 2 aromatic rings. The van der Waals surface area contributed by atoms with Crippen LogP contribution in [0, 0.1) is 28.9 Å². The Morgan fingerprint density at radius 1 is 0.816 bits per heavy atom. The SMILES string of the molecule is C=CS(C)(=O)=O.CC#CC.CC(=O)O.CC(=O)ON1C(=O)CCC1=O.CC1=CC(=O)N(C)C1=O.CC=O.CN.COC(=O)ON1C(=O)CCC1=O.COC(=O)Oc1ccc([N+](=O)[O-])cc1.COS(C)(=O)=O.CS.CSSc1ccccn1.[CH2-]C(C)=O.[W]. The number of ether oxygens (including phenoxy) is 3. The Labute approximate surface area is 534 Å². The van der Waals surface area contributed by atoms with Gasteiger partial charge in [-0.25, -0.2) is 27.8 Å². The number of sulfone groups is 1. The molecule has 2 fully saturated rings. The molecule has 0 unspecified atom stereocenters. The number of carbonyl (C=O) groups excluding carboxylic acids is 11. The molecule has 1 aromatic heterocycles. The van der Waals surface area contributed by atoms with Gasteiger partial charge in [0.2, 0.25) is 0 Å². The zero-order chi connectivity index (χ0) is 69.4. The minimum absolute atomic E-state index is 0. The Morgan fingerprint density at radius 2 is 1.17 bits per heavy atom. The molecule has 6 amide bonds. The first-order chi connectivity index (χ1) is 39.9. The summed E-state index contributed by atoms with van der Waals surface area (Å²) in [4.78, 5) is 147. The van der Waals surface area contributed by atoms with Crippen LogP contribution in [-0.2, 0) is 112 Å². The normalized spacial score (nSPS) is 11.5. The number of amides is 6. The molecular weight excluding hydrogens is 1430 g/mol. The van der Waals surface area contributed by atoms with Gasteiger partial charge in [-0.2, -0.15) is 21.0 Å². The smallest absolute Gasteiger partial charge is 0.481 e. The number of rotatable bonds is 8. The minimum Gasteiger partial charge on any atom is -0.481 e. The number of non-ortho nitro benzene ring substituents is 1. The molecule has 3 N–H and O–H groups in total. The summed E-state index contributed by atoms with van der Waals surface area (Å²) in [7, 11) is 3.68. The molecule has 0 saturated carbocycles. The monoisotopic (exact) mass is 1500 g/mol. The predicted molar refractivity (Wildman–Crippen MR) is 321 cm³/mol. The van der Waals surface area contributed by atoms with E-state index in [0.29, 0.717) is 15.7 Å². The molecule has 1 aromatic carbocycles. The number of hydrogen-bond donors (Lipinski definition) is 3. The minimum atomic E-state index is -3.16. The molecule has 5 rings (SSSR count). The number of carboxylic acid groups (broad SMARTS) is 1. The van der Waals surface area contributed by atoms with Crippen LogP contribution in [0.25, 0.3) is 0 Å². The van der Waals surface area contributed by atoms with Crippen molar-refractivity contribution in [3.8, 4) is 17.6 Å². The van der Waals surface area contributed by atoms with Gasteiger partial charge in [-0.15, -0.1) is 16.9 Å². The van der Waals surface area contributed by atoms with Crippen molar-refractivity contribution < 1.29 is 134 Å². The summed E-state index contributed by atoms with van der Waals surface area (Å²) in [6.45, 7) is 16.4. The number of benzene rings is 1. The number of nitrogens with zero attached hydrogens (tertiary/aromatic N) is 5. The largest absolute Gasteiger partial charge is 0.533 e. The summed E-state index contributed by atoms with van der Waals surface area (Å²) in [6.07, 6.45) is 8.20. The van der Waals surface area contributed by atoms with Crippen molar-refractivity contribution in [1.29, 1.82) is 0 Å². The van der Waals surface area contributed by atoms with Gasteiger partial charge in [-0.1, -0.05) is 28.5 Å². The summed E-state index contributed by atoms with van der Waals surface area (Å²) in [6, 6.07) is 11.0.